The molecular weight excluding hydrogens is 350 g/mol. The van der Waals surface area contributed by atoms with Crippen LogP contribution in [0.4, 0.5) is 5.69 Å². The van der Waals surface area contributed by atoms with Gasteiger partial charge in [-0.05, 0) is 18.2 Å². The Morgan fingerprint density at radius 3 is 2.61 bits per heavy atom. The molecule has 2 N–H and O–H groups in total. The lowest BCUT2D eigenvalue weighted by atomic mass is 10.2. The van der Waals surface area contributed by atoms with Crippen molar-refractivity contribution in [3.8, 4) is 0 Å². The van der Waals surface area contributed by atoms with Crippen LogP contribution >= 0.6 is 0 Å². The van der Waals surface area contributed by atoms with E-state index in [0.29, 0.717) is 6.42 Å². The molecule has 2 heterocycles. The molecule has 0 spiro atoms. The van der Waals surface area contributed by atoms with E-state index in [1.54, 1.807) is 6.21 Å². The highest BCUT2D eigenvalue weighted by Crippen LogP contribution is 2.16. The number of aromatic nitrogens is 1. The van der Waals surface area contributed by atoms with E-state index in [2.05, 4.69) is 49.6 Å². The molecule has 0 radical (unpaired) electrons. The van der Waals surface area contributed by atoms with Gasteiger partial charge in [-0.25, -0.2) is 5.43 Å². The Morgan fingerprint density at radius 1 is 1.04 bits per heavy atom. The highest BCUT2D eigenvalue weighted by atomic mass is 16.2. The number of amides is 1. The van der Waals surface area contributed by atoms with Gasteiger partial charge in [0.15, 0.2) is 0 Å². The quantitative estimate of drug-likeness (QED) is 0.514. The summed E-state index contributed by atoms with van der Waals surface area (Å²) >= 11 is 0. The van der Waals surface area contributed by atoms with E-state index in [-0.39, 0.29) is 5.91 Å². The van der Waals surface area contributed by atoms with Crippen molar-refractivity contribution >= 4 is 28.7 Å². The second-order valence-corrected chi connectivity index (χ2v) is 7.00. The van der Waals surface area contributed by atoms with Crippen LogP contribution in [0.2, 0.25) is 0 Å². The number of anilines is 1. The molecule has 1 aliphatic heterocycles. The van der Waals surface area contributed by atoms with Crippen molar-refractivity contribution in [3.05, 3.63) is 66.4 Å². The minimum Gasteiger partial charge on any atom is -0.369 e. The van der Waals surface area contributed by atoms with Crippen LogP contribution in [0, 0.1) is 0 Å². The Balaban J connectivity index is 1.20. The highest BCUT2D eigenvalue weighted by molar-refractivity contribution is 5.99. The lowest BCUT2D eigenvalue weighted by Gasteiger charge is -2.36. The number of hydrazone groups is 1. The maximum Gasteiger partial charge on any atom is 0.241 e. The number of para-hydroxylation sites is 2. The summed E-state index contributed by atoms with van der Waals surface area (Å²) in [5.74, 6) is -0.0541. The first-order valence-electron chi connectivity index (χ1n) is 9.70. The molecule has 6 heteroatoms. The number of rotatable bonds is 6. The Kier molecular flexibility index (Phi) is 5.68. The number of nitrogens with one attached hydrogen (secondary N) is 2. The number of aromatic amines is 1. The van der Waals surface area contributed by atoms with Gasteiger partial charge in [-0.1, -0.05) is 36.4 Å². The number of nitrogens with zero attached hydrogens (tertiary/aromatic N) is 3. The number of benzene rings is 2. The summed E-state index contributed by atoms with van der Waals surface area (Å²) in [7, 11) is 0. The van der Waals surface area contributed by atoms with Crippen LogP contribution in [0.1, 0.15) is 12.0 Å². The molecular formula is C22H25N5O. The summed E-state index contributed by atoms with van der Waals surface area (Å²) in [4.78, 5) is 20.0. The van der Waals surface area contributed by atoms with E-state index in [0.717, 1.165) is 49.2 Å². The third-order valence-electron chi connectivity index (χ3n) is 5.16. The first kappa shape index (κ1) is 18.3. The number of hydrogen-bond donors (Lipinski definition) is 2. The number of piperazine rings is 1. The summed E-state index contributed by atoms with van der Waals surface area (Å²) in [6.07, 6.45) is 4.04. The SMILES string of the molecule is O=C(CCN1CCN(c2ccccc2)CC1)N/N=C/c1c[nH]c2ccccc12. The third kappa shape index (κ3) is 4.40. The van der Waals surface area contributed by atoms with Crippen LogP contribution in [-0.4, -0.2) is 54.7 Å². The van der Waals surface area contributed by atoms with Crippen molar-refractivity contribution in [1.29, 1.82) is 0 Å². The molecule has 1 aliphatic rings. The monoisotopic (exact) mass is 375 g/mol. The minimum atomic E-state index is -0.0541. The van der Waals surface area contributed by atoms with Gasteiger partial charge in [0.25, 0.3) is 0 Å². The fraction of sp³-hybridized carbons (Fsp3) is 0.273. The van der Waals surface area contributed by atoms with Gasteiger partial charge in [0.05, 0.1) is 6.21 Å². The summed E-state index contributed by atoms with van der Waals surface area (Å²) < 4.78 is 0. The average Bonchev–Trinajstić information content (AvgIpc) is 3.16. The molecule has 1 fully saturated rings. The van der Waals surface area contributed by atoms with E-state index in [1.165, 1.54) is 5.69 Å². The van der Waals surface area contributed by atoms with E-state index in [9.17, 15) is 4.79 Å². The lowest BCUT2D eigenvalue weighted by Crippen LogP contribution is -2.47. The van der Waals surface area contributed by atoms with Gasteiger partial charge in [0.1, 0.15) is 0 Å². The number of hydrogen-bond acceptors (Lipinski definition) is 4. The second kappa shape index (κ2) is 8.71. The average molecular weight is 375 g/mol. The molecule has 1 saturated heterocycles. The predicted molar refractivity (Wildman–Crippen MR) is 114 cm³/mol. The van der Waals surface area contributed by atoms with Crippen molar-refractivity contribution in [2.75, 3.05) is 37.6 Å². The van der Waals surface area contributed by atoms with Gasteiger partial charge in [0, 0.05) is 67.5 Å². The number of H-pyrrole nitrogens is 1. The Bertz CT molecular complexity index is 942. The highest BCUT2D eigenvalue weighted by Gasteiger charge is 2.17. The summed E-state index contributed by atoms with van der Waals surface area (Å²) in [6.45, 7) is 4.69. The molecule has 0 unspecified atom stereocenters. The van der Waals surface area contributed by atoms with Crippen molar-refractivity contribution in [2.24, 2.45) is 5.10 Å². The molecule has 0 bridgehead atoms. The number of carbonyl (C=O) groups is 1. The molecule has 0 atom stereocenters. The molecule has 144 valence electrons. The Labute approximate surface area is 164 Å². The molecule has 1 aromatic heterocycles. The molecule has 28 heavy (non-hydrogen) atoms. The van der Waals surface area contributed by atoms with Crippen LogP contribution < -0.4 is 10.3 Å². The molecule has 1 amide bonds. The zero-order valence-electron chi connectivity index (χ0n) is 15.8. The normalized spacial score (nSPS) is 15.4. The Morgan fingerprint density at radius 2 is 1.79 bits per heavy atom. The van der Waals surface area contributed by atoms with E-state index < -0.39 is 0 Å². The van der Waals surface area contributed by atoms with Gasteiger partial charge in [-0.15, -0.1) is 0 Å². The van der Waals surface area contributed by atoms with Crippen molar-refractivity contribution < 1.29 is 4.79 Å². The topological polar surface area (TPSA) is 63.7 Å². The second-order valence-electron chi connectivity index (χ2n) is 7.00. The Hall–Kier alpha value is -3.12. The molecule has 0 saturated carbocycles. The molecule has 3 aromatic rings. The van der Waals surface area contributed by atoms with Crippen molar-refractivity contribution in [2.45, 2.75) is 6.42 Å². The van der Waals surface area contributed by atoms with Gasteiger partial charge in [-0.3, -0.25) is 9.69 Å². The first-order chi connectivity index (χ1) is 13.8. The van der Waals surface area contributed by atoms with Crippen LogP contribution in [0.25, 0.3) is 10.9 Å². The van der Waals surface area contributed by atoms with Gasteiger partial charge in [-0.2, -0.15) is 5.10 Å². The standard InChI is InChI=1S/C22H25N5O/c28-22(25-24-17-18-16-23-21-9-5-4-8-20(18)21)10-11-26-12-14-27(15-13-26)19-6-2-1-3-7-19/h1-9,16-17,23H,10-15H2,(H,25,28)/b24-17+. The molecule has 6 nitrogen and oxygen atoms in total. The maximum absolute atomic E-state index is 12.1. The van der Waals surface area contributed by atoms with E-state index >= 15 is 0 Å². The number of fused-ring (bicyclic) bond motifs is 1. The van der Waals surface area contributed by atoms with Crippen molar-refractivity contribution in [1.82, 2.24) is 15.3 Å². The van der Waals surface area contributed by atoms with Crippen LogP contribution in [-0.2, 0) is 4.79 Å². The van der Waals surface area contributed by atoms with Gasteiger partial charge >= 0.3 is 0 Å². The molecule has 2 aromatic carbocycles. The zero-order chi connectivity index (χ0) is 19.2. The molecule has 4 rings (SSSR count). The largest absolute Gasteiger partial charge is 0.369 e. The van der Waals surface area contributed by atoms with Crippen molar-refractivity contribution in [3.63, 3.8) is 0 Å². The first-order valence-corrected chi connectivity index (χ1v) is 9.70. The fourth-order valence-electron chi connectivity index (χ4n) is 3.56. The van der Waals surface area contributed by atoms with Gasteiger partial charge < -0.3 is 9.88 Å². The predicted octanol–water partition coefficient (Wildman–Crippen LogP) is 2.83. The molecule has 0 aliphatic carbocycles. The summed E-state index contributed by atoms with van der Waals surface area (Å²) in [5, 5.41) is 5.20. The van der Waals surface area contributed by atoms with Crippen LogP contribution in [0.15, 0.2) is 65.9 Å². The van der Waals surface area contributed by atoms with Crippen LogP contribution in [0.3, 0.4) is 0 Å². The maximum atomic E-state index is 12.1. The van der Waals surface area contributed by atoms with E-state index in [1.807, 2.05) is 36.5 Å². The minimum absolute atomic E-state index is 0.0541. The third-order valence-corrected chi connectivity index (χ3v) is 5.16. The smallest absolute Gasteiger partial charge is 0.241 e. The number of carbonyl (C=O) groups excluding carboxylic acids is 1. The van der Waals surface area contributed by atoms with Crippen LogP contribution in [0.5, 0.6) is 0 Å². The van der Waals surface area contributed by atoms with Gasteiger partial charge in [0.2, 0.25) is 5.91 Å². The summed E-state index contributed by atoms with van der Waals surface area (Å²) in [5.41, 5.74) is 5.94. The lowest BCUT2D eigenvalue weighted by molar-refractivity contribution is -0.121. The zero-order valence-corrected chi connectivity index (χ0v) is 15.8. The van der Waals surface area contributed by atoms with E-state index in [4.69, 9.17) is 0 Å². The summed E-state index contributed by atoms with van der Waals surface area (Å²) in [6, 6.07) is 18.5. The fourth-order valence-corrected chi connectivity index (χ4v) is 3.56.